The molecular weight excluding hydrogens is 862 g/mol. The highest BCUT2D eigenvalue weighted by Crippen LogP contribution is 2.71. The number of amides is 3. The molecule has 0 spiro atoms. The molecule has 17 nitrogen and oxygen atoms in total. The van der Waals surface area contributed by atoms with Crippen molar-refractivity contribution >= 4 is 58.3 Å². The molecule has 0 radical (unpaired) electrons. The standard InChI is InChI=1S/C45H56N7O10PS/c1-8-28-22-45(28,63(58,59)24-27-13-9-12-16-36(27)52(56)57)50-40(53)37-20-31(23-51(37)41(54)39(44(4,5)6)49-43(55)62-29-14-10-11-15-29)61-38-21-34(35-25-64-42(48-35)46-26(2)3)47-33-19-30(60-7)17-18-32(33)38/h8-9,12-13,16-19,21,25-26,28-29,31,37,39H,1,10-11,14-15,20,22-24H2,2-7H3,(H,46,48)(H,49,55)(H,50,53)(H,58,59)/t28-,31-,37+,39?,45+/m1/s1. The zero-order chi connectivity index (χ0) is 46.1. The number of carbonyl (C=O) groups is 3. The molecule has 7 rings (SSSR count). The number of para-hydroxylation sites is 1. The van der Waals surface area contributed by atoms with Gasteiger partial charge in [-0.15, -0.1) is 17.9 Å². The molecule has 19 heteroatoms. The number of benzene rings is 2. The molecule has 6 atom stereocenters. The van der Waals surface area contributed by atoms with Crippen LogP contribution in [0.5, 0.6) is 11.5 Å². The van der Waals surface area contributed by atoms with E-state index in [0.717, 1.165) is 30.8 Å². The lowest BCUT2D eigenvalue weighted by atomic mass is 9.85. The molecule has 2 aromatic heterocycles. The fourth-order valence-electron chi connectivity index (χ4n) is 8.59. The molecule has 2 aliphatic carbocycles. The monoisotopic (exact) mass is 917 g/mol. The second kappa shape index (κ2) is 18.5. The fourth-order valence-corrected chi connectivity index (χ4v) is 11.8. The van der Waals surface area contributed by atoms with Crippen LogP contribution in [0.1, 0.15) is 78.7 Å². The quantitative estimate of drug-likeness (QED) is 0.0362. The van der Waals surface area contributed by atoms with E-state index < -0.39 is 71.2 Å². The Labute approximate surface area is 376 Å². The number of carbonyl (C=O) groups excluding carboxylic acids is 3. The van der Waals surface area contributed by atoms with Gasteiger partial charge in [0.2, 0.25) is 19.2 Å². The molecule has 4 N–H and O–H groups in total. The van der Waals surface area contributed by atoms with Crippen molar-refractivity contribution in [2.45, 2.75) is 115 Å². The minimum atomic E-state index is -4.45. The number of aromatic nitrogens is 2. The minimum Gasteiger partial charge on any atom is -0.497 e. The number of nitro benzene ring substituents is 1. The van der Waals surface area contributed by atoms with E-state index in [1.54, 1.807) is 52.1 Å². The number of ether oxygens (including phenoxy) is 3. The van der Waals surface area contributed by atoms with Crippen LogP contribution >= 0.6 is 18.7 Å². The molecule has 3 aliphatic rings. The molecule has 3 fully saturated rings. The number of nitrogens with one attached hydrogen (secondary N) is 3. The molecule has 1 aliphatic heterocycles. The van der Waals surface area contributed by atoms with E-state index >= 15 is 0 Å². The lowest BCUT2D eigenvalue weighted by molar-refractivity contribution is -0.385. The van der Waals surface area contributed by atoms with Crippen molar-refractivity contribution in [3.05, 3.63) is 82.2 Å². The summed E-state index contributed by atoms with van der Waals surface area (Å²) in [5.41, 5.74) is 0.552. The second-order valence-corrected chi connectivity index (χ2v) is 21.5. The van der Waals surface area contributed by atoms with Gasteiger partial charge < -0.3 is 40.0 Å². The second-order valence-electron chi connectivity index (χ2n) is 18.2. The van der Waals surface area contributed by atoms with Gasteiger partial charge in [0, 0.05) is 52.9 Å². The van der Waals surface area contributed by atoms with Crippen molar-refractivity contribution < 1.29 is 43.0 Å². The van der Waals surface area contributed by atoms with Crippen LogP contribution in [0.15, 0.2) is 66.6 Å². The molecule has 4 aromatic rings. The molecule has 2 saturated carbocycles. The third-order valence-electron chi connectivity index (χ3n) is 12.1. The topological polar surface area (TPSA) is 224 Å². The highest BCUT2D eigenvalue weighted by molar-refractivity contribution is 7.59. The Morgan fingerprint density at radius 3 is 2.50 bits per heavy atom. The molecule has 2 unspecified atom stereocenters. The molecular formula is C45H56N7O10PS. The summed E-state index contributed by atoms with van der Waals surface area (Å²) in [7, 11) is -2.89. The van der Waals surface area contributed by atoms with Crippen LogP contribution in [0.3, 0.4) is 0 Å². The van der Waals surface area contributed by atoms with E-state index in [-0.39, 0.29) is 42.8 Å². The third-order valence-corrected chi connectivity index (χ3v) is 15.5. The maximum atomic E-state index is 14.9. The molecule has 0 bridgehead atoms. The molecule has 3 heterocycles. The van der Waals surface area contributed by atoms with Gasteiger partial charge in [0.15, 0.2) is 5.13 Å². The maximum Gasteiger partial charge on any atom is 0.408 e. The van der Waals surface area contributed by atoms with Crippen LogP contribution in [0.2, 0.25) is 0 Å². The Morgan fingerprint density at radius 1 is 1.11 bits per heavy atom. The number of hydrogen-bond donors (Lipinski definition) is 4. The number of fused-ring (bicyclic) bond motifs is 1. The number of nitro groups is 1. The van der Waals surface area contributed by atoms with Crippen LogP contribution in [0.4, 0.5) is 15.6 Å². The summed E-state index contributed by atoms with van der Waals surface area (Å²) in [6.07, 6.45) is 2.44. The normalized spacial score (nSPS) is 22.4. The van der Waals surface area contributed by atoms with Crippen LogP contribution in [-0.2, 0) is 25.1 Å². The van der Waals surface area contributed by atoms with Crippen LogP contribution < -0.4 is 25.4 Å². The summed E-state index contributed by atoms with van der Waals surface area (Å²) >= 11 is 1.43. The van der Waals surface area contributed by atoms with Crippen molar-refractivity contribution in [1.29, 1.82) is 0 Å². The summed E-state index contributed by atoms with van der Waals surface area (Å²) in [5, 5.41) is 22.4. The first-order chi connectivity index (χ1) is 30.3. The van der Waals surface area contributed by atoms with Crippen molar-refractivity contribution in [3.8, 4) is 22.9 Å². The first-order valence-electron chi connectivity index (χ1n) is 21.5. The van der Waals surface area contributed by atoms with Crippen LogP contribution in [0, 0.1) is 21.4 Å². The number of thiazole rings is 1. The van der Waals surface area contributed by atoms with E-state index in [9.17, 15) is 34.0 Å². The van der Waals surface area contributed by atoms with Crippen molar-refractivity contribution in [2.75, 3.05) is 19.0 Å². The highest BCUT2D eigenvalue weighted by atomic mass is 32.1. The summed E-state index contributed by atoms with van der Waals surface area (Å²) in [4.78, 5) is 77.0. The van der Waals surface area contributed by atoms with Gasteiger partial charge in [0.05, 0.1) is 36.0 Å². The van der Waals surface area contributed by atoms with Gasteiger partial charge in [-0.05, 0) is 63.5 Å². The Balaban J connectivity index is 1.23. The maximum absolute atomic E-state index is 14.9. The van der Waals surface area contributed by atoms with Gasteiger partial charge in [-0.3, -0.25) is 24.3 Å². The van der Waals surface area contributed by atoms with Crippen molar-refractivity contribution in [1.82, 2.24) is 25.5 Å². The smallest absolute Gasteiger partial charge is 0.408 e. The highest BCUT2D eigenvalue weighted by Gasteiger charge is 2.66. The third kappa shape index (κ3) is 9.88. The average Bonchev–Trinajstić information content (AvgIpc) is 3.63. The van der Waals surface area contributed by atoms with Gasteiger partial charge in [-0.25, -0.2) is 14.8 Å². The first kappa shape index (κ1) is 46.4. The van der Waals surface area contributed by atoms with Gasteiger partial charge in [0.25, 0.3) is 5.69 Å². The lowest BCUT2D eigenvalue weighted by Gasteiger charge is -2.36. The number of nitrogens with zero attached hydrogens (tertiary/aromatic N) is 4. The predicted octanol–water partition coefficient (Wildman–Crippen LogP) is 8.02. The fraction of sp³-hybridized carbons (Fsp3) is 0.489. The van der Waals surface area contributed by atoms with E-state index in [2.05, 4.69) is 22.5 Å². The van der Waals surface area contributed by atoms with Crippen LogP contribution in [-0.4, -0.2) is 91.9 Å². The van der Waals surface area contributed by atoms with E-state index in [0.29, 0.717) is 33.8 Å². The Hall–Kier alpha value is -5.58. The summed E-state index contributed by atoms with van der Waals surface area (Å²) in [6, 6.07) is 10.6. The molecule has 1 saturated heterocycles. The Kier molecular flexibility index (Phi) is 13.4. The predicted molar refractivity (Wildman–Crippen MR) is 244 cm³/mol. The zero-order valence-electron chi connectivity index (χ0n) is 36.9. The molecule has 2 aromatic carbocycles. The first-order valence-corrected chi connectivity index (χ1v) is 24.2. The summed E-state index contributed by atoms with van der Waals surface area (Å²) < 4.78 is 32.4. The van der Waals surface area contributed by atoms with Gasteiger partial charge >= 0.3 is 6.09 Å². The Bertz CT molecular complexity index is 2490. The molecule has 342 valence electrons. The van der Waals surface area contributed by atoms with E-state index in [1.165, 1.54) is 40.5 Å². The summed E-state index contributed by atoms with van der Waals surface area (Å²) in [5.74, 6) is -0.952. The number of alkyl carbamates (subject to hydrolysis) is 1. The molecule has 64 heavy (non-hydrogen) atoms. The SMILES string of the molecule is C=C[C@@H]1C[C@]1(NC(=O)[C@@H]1C[C@@H](Oc2cc(-c3csc(NC(C)C)n3)nc3cc(OC)ccc23)CN1C(=O)C(NC(=O)OC1CCCC1)C(C)(C)C)P(=O)(O)Cc1ccccc1[N+](=O)[O-]. The number of likely N-dealkylation sites (tertiary alicyclic amines) is 1. The van der Waals surface area contributed by atoms with Crippen molar-refractivity contribution in [3.63, 3.8) is 0 Å². The van der Waals surface area contributed by atoms with Gasteiger partial charge in [-0.2, -0.15) is 0 Å². The van der Waals surface area contributed by atoms with Crippen LogP contribution in [0.25, 0.3) is 22.3 Å². The van der Waals surface area contributed by atoms with Gasteiger partial charge in [0.1, 0.15) is 46.8 Å². The Morgan fingerprint density at radius 2 is 1.84 bits per heavy atom. The number of anilines is 1. The number of hydrogen-bond acceptors (Lipinski definition) is 13. The number of rotatable bonds is 16. The van der Waals surface area contributed by atoms with Gasteiger partial charge in [-0.1, -0.05) is 45.0 Å². The largest absolute Gasteiger partial charge is 0.497 e. The lowest BCUT2D eigenvalue weighted by Crippen LogP contribution is -2.58. The number of pyridine rings is 1. The van der Waals surface area contributed by atoms with E-state index in [1.807, 2.05) is 25.3 Å². The summed E-state index contributed by atoms with van der Waals surface area (Å²) in [6.45, 7) is 13.2. The molecule has 3 amide bonds. The average molecular weight is 918 g/mol. The minimum absolute atomic E-state index is 0.0376. The van der Waals surface area contributed by atoms with E-state index in [4.69, 9.17) is 24.2 Å². The van der Waals surface area contributed by atoms with Crippen molar-refractivity contribution in [2.24, 2.45) is 11.3 Å². The number of methoxy groups -OCH3 is 1. The zero-order valence-corrected chi connectivity index (χ0v) is 38.6.